The molecular formula is C24H19ClN2O2. The SMILES string of the molecule is COc1ccccc1-n1ccc(C(=O)Nc2ccc(Cl)cc2)c1-c1ccccc1. The molecule has 4 nitrogen and oxygen atoms in total. The number of hydrogen-bond donors (Lipinski definition) is 1. The zero-order chi connectivity index (χ0) is 20.2. The first-order chi connectivity index (χ1) is 14.2. The molecule has 4 aromatic rings. The first kappa shape index (κ1) is 18.8. The summed E-state index contributed by atoms with van der Waals surface area (Å²) in [7, 11) is 1.64. The fourth-order valence-corrected chi connectivity index (χ4v) is 3.39. The van der Waals surface area contributed by atoms with E-state index in [4.69, 9.17) is 16.3 Å². The molecular weight excluding hydrogens is 384 g/mol. The Balaban J connectivity index is 1.81. The van der Waals surface area contributed by atoms with E-state index in [1.807, 2.05) is 71.4 Å². The maximum absolute atomic E-state index is 13.1. The quantitative estimate of drug-likeness (QED) is 0.441. The monoisotopic (exact) mass is 402 g/mol. The Morgan fingerprint density at radius 3 is 2.31 bits per heavy atom. The van der Waals surface area contributed by atoms with Crippen LogP contribution < -0.4 is 10.1 Å². The molecule has 0 aliphatic heterocycles. The molecule has 0 aliphatic carbocycles. The van der Waals surface area contributed by atoms with E-state index >= 15 is 0 Å². The van der Waals surface area contributed by atoms with E-state index in [2.05, 4.69) is 5.32 Å². The summed E-state index contributed by atoms with van der Waals surface area (Å²) in [5, 5.41) is 3.57. The summed E-state index contributed by atoms with van der Waals surface area (Å²) < 4.78 is 7.51. The molecule has 0 saturated heterocycles. The Bertz CT molecular complexity index is 1140. The highest BCUT2D eigenvalue weighted by atomic mass is 35.5. The number of halogens is 1. The van der Waals surface area contributed by atoms with Crippen LogP contribution in [0.15, 0.2) is 91.1 Å². The number of ether oxygens (including phenoxy) is 1. The second kappa shape index (κ2) is 8.25. The summed E-state index contributed by atoms with van der Waals surface area (Å²) in [6.45, 7) is 0. The molecule has 0 bridgehead atoms. The number of carbonyl (C=O) groups excluding carboxylic acids is 1. The second-order valence-corrected chi connectivity index (χ2v) is 6.88. The Morgan fingerprint density at radius 2 is 1.59 bits per heavy atom. The fraction of sp³-hybridized carbons (Fsp3) is 0.0417. The third kappa shape index (κ3) is 3.89. The molecule has 1 aromatic heterocycles. The molecule has 0 fully saturated rings. The highest BCUT2D eigenvalue weighted by Crippen LogP contribution is 2.32. The summed E-state index contributed by atoms with van der Waals surface area (Å²) in [5.74, 6) is 0.532. The predicted octanol–water partition coefficient (Wildman–Crippen LogP) is 6.06. The molecule has 3 aromatic carbocycles. The number of nitrogens with one attached hydrogen (secondary N) is 1. The molecule has 0 aliphatic rings. The third-order valence-electron chi connectivity index (χ3n) is 4.62. The number of methoxy groups -OCH3 is 1. The number of benzene rings is 3. The van der Waals surface area contributed by atoms with Crippen molar-refractivity contribution in [3.8, 4) is 22.7 Å². The van der Waals surface area contributed by atoms with Crippen LogP contribution in [0.5, 0.6) is 5.75 Å². The van der Waals surface area contributed by atoms with Gasteiger partial charge in [0, 0.05) is 16.9 Å². The third-order valence-corrected chi connectivity index (χ3v) is 4.88. The van der Waals surface area contributed by atoms with Crippen LogP contribution in [0.2, 0.25) is 5.02 Å². The standard InChI is InChI=1S/C24H19ClN2O2/c1-29-22-10-6-5-9-21(22)27-16-15-20(23(27)17-7-3-2-4-8-17)24(28)26-19-13-11-18(25)12-14-19/h2-16H,1H3,(H,26,28). The lowest BCUT2D eigenvalue weighted by atomic mass is 10.1. The molecule has 5 heteroatoms. The molecule has 1 heterocycles. The van der Waals surface area contributed by atoms with Crippen LogP contribution in [0.1, 0.15) is 10.4 Å². The minimum absolute atomic E-state index is 0.195. The molecule has 0 spiro atoms. The van der Waals surface area contributed by atoms with Crippen LogP contribution >= 0.6 is 11.6 Å². The van der Waals surface area contributed by atoms with Crippen molar-refractivity contribution < 1.29 is 9.53 Å². The van der Waals surface area contributed by atoms with Crippen molar-refractivity contribution in [2.75, 3.05) is 12.4 Å². The maximum Gasteiger partial charge on any atom is 0.257 e. The highest BCUT2D eigenvalue weighted by molar-refractivity contribution is 6.30. The molecule has 0 radical (unpaired) electrons. The number of para-hydroxylation sites is 2. The van der Waals surface area contributed by atoms with Gasteiger partial charge in [-0.3, -0.25) is 4.79 Å². The van der Waals surface area contributed by atoms with Gasteiger partial charge >= 0.3 is 0 Å². The lowest BCUT2D eigenvalue weighted by Crippen LogP contribution is -2.13. The van der Waals surface area contributed by atoms with Gasteiger partial charge in [-0.2, -0.15) is 0 Å². The van der Waals surface area contributed by atoms with Gasteiger partial charge in [-0.25, -0.2) is 0 Å². The van der Waals surface area contributed by atoms with Crippen molar-refractivity contribution in [1.29, 1.82) is 0 Å². The van der Waals surface area contributed by atoms with E-state index in [-0.39, 0.29) is 5.91 Å². The topological polar surface area (TPSA) is 43.3 Å². The molecule has 0 saturated carbocycles. The lowest BCUT2D eigenvalue weighted by Gasteiger charge is -2.15. The smallest absolute Gasteiger partial charge is 0.257 e. The number of aromatic nitrogens is 1. The summed E-state index contributed by atoms with van der Waals surface area (Å²) in [4.78, 5) is 13.1. The van der Waals surface area contributed by atoms with Gasteiger partial charge < -0.3 is 14.6 Å². The van der Waals surface area contributed by atoms with Crippen LogP contribution in [-0.2, 0) is 0 Å². The van der Waals surface area contributed by atoms with Gasteiger partial charge in [-0.05, 0) is 48.0 Å². The van der Waals surface area contributed by atoms with Crippen LogP contribution in [-0.4, -0.2) is 17.6 Å². The minimum atomic E-state index is -0.195. The fourth-order valence-electron chi connectivity index (χ4n) is 3.27. The van der Waals surface area contributed by atoms with E-state index in [1.165, 1.54) is 0 Å². The van der Waals surface area contributed by atoms with Crippen molar-refractivity contribution in [2.24, 2.45) is 0 Å². The van der Waals surface area contributed by atoms with Gasteiger partial charge in [0.05, 0.1) is 24.1 Å². The summed E-state index contributed by atoms with van der Waals surface area (Å²) in [6.07, 6.45) is 1.89. The zero-order valence-electron chi connectivity index (χ0n) is 15.8. The first-order valence-corrected chi connectivity index (χ1v) is 9.52. The normalized spacial score (nSPS) is 10.6. The van der Waals surface area contributed by atoms with Crippen LogP contribution in [0.3, 0.4) is 0 Å². The Kier molecular flexibility index (Phi) is 5.36. The average Bonchev–Trinajstić information content (AvgIpc) is 3.21. The predicted molar refractivity (Wildman–Crippen MR) is 117 cm³/mol. The maximum atomic E-state index is 13.1. The number of amides is 1. The Labute approximate surface area is 174 Å². The number of nitrogens with zero attached hydrogens (tertiary/aromatic N) is 1. The summed E-state index contributed by atoms with van der Waals surface area (Å²) in [6, 6.07) is 26.4. The molecule has 0 atom stereocenters. The zero-order valence-corrected chi connectivity index (χ0v) is 16.6. The first-order valence-electron chi connectivity index (χ1n) is 9.14. The molecule has 0 unspecified atom stereocenters. The van der Waals surface area contributed by atoms with E-state index in [0.717, 1.165) is 22.7 Å². The number of anilines is 1. The van der Waals surface area contributed by atoms with Gasteiger partial charge in [0.25, 0.3) is 5.91 Å². The lowest BCUT2D eigenvalue weighted by molar-refractivity contribution is 0.102. The molecule has 1 amide bonds. The Morgan fingerprint density at radius 1 is 0.897 bits per heavy atom. The van der Waals surface area contributed by atoms with Gasteiger partial charge in [0.15, 0.2) is 0 Å². The van der Waals surface area contributed by atoms with Gasteiger partial charge in [0.1, 0.15) is 5.75 Å². The van der Waals surface area contributed by atoms with Crippen molar-refractivity contribution in [3.63, 3.8) is 0 Å². The minimum Gasteiger partial charge on any atom is -0.495 e. The molecule has 29 heavy (non-hydrogen) atoms. The number of rotatable bonds is 5. The van der Waals surface area contributed by atoms with E-state index < -0.39 is 0 Å². The van der Waals surface area contributed by atoms with Gasteiger partial charge in [0.2, 0.25) is 0 Å². The van der Waals surface area contributed by atoms with E-state index in [9.17, 15) is 4.79 Å². The highest BCUT2D eigenvalue weighted by Gasteiger charge is 2.20. The largest absolute Gasteiger partial charge is 0.495 e. The average molecular weight is 403 g/mol. The molecule has 4 rings (SSSR count). The summed E-state index contributed by atoms with van der Waals surface area (Å²) in [5.41, 5.74) is 3.84. The van der Waals surface area contributed by atoms with Gasteiger partial charge in [-0.15, -0.1) is 0 Å². The van der Waals surface area contributed by atoms with Crippen molar-refractivity contribution >= 4 is 23.2 Å². The van der Waals surface area contributed by atoms with Crippen LogP contribution in [0.25, 0.3) is 16.9 Å². The molecule has 144 valence electrons. The van der Waals surface area contributed by atoms with E-state index in [0.29, 0.717) is 16.3 Å². The van der Waals surface area contributed by atoms with Crippen molar-refractivity contribution in [2.45, 2.75) is 0 Å². The summed E-state index contributed by atoms with van der Waals surface area (Å²) >= 11 is 5.94. The Hall–Kier alpha value is -3.50. The molecule has 1 N–H and O–H groups in total. The van der Waals surface area contributed by atoms with Crippen molar-refractivity contribution in [1.82, 2.24) is 4.57 Å². The van der Waals surface area contributed by atoms with Crippen molar-refractivity contribution in [3.05, 3.63) is 102 Å². The van der Waals surface area contributed by atoms with E-state index in [1.54, 1.807) is 31.4 Å². The van der Waals surface area contributed by atoms with Crippen LogP contribution in [0.4, 0.5) is 5.69 Å². The van der Waals surface area contributed by atoms with Gasteiger partial charge in [-0.1, -0.05) is 54.1 Å². The second-order valence-electron chi connectivity index (χ2n) is 6.45. The van der Waals surface area contributed by atoms with Crippen LogP contribution in [0, 0.1) is 0 Å². The number of hydrogen-bond acceptors (Lipinski definition) is 2. The number of carbonyl (C=O) groups is 1.